The van der Waals surface area contributed by atoms with Gasteiger partial charge in [-0.05, 0) is 44.8 Å². The van der Waals surface area contributed by atoms with Gasteiger partial charge in [-0.15, -0.1) is 0 Å². The van der Waals surface area contributed by atoms with E-state index in [1.165, 1.54) is 6.20 Å². The van der Waals surface area contributed by atoms with Gasteiger partial charge in [0.1, 0.15) is 11.5 Å². The van der Waals surface area contributed by atoms with Crippen molar-refractivity contribution < 1.29 is 4.79 Å². The molecule has 0 aliphatic rings. The Hall–Kier alpha value is -1.99. The molecular weight excluding hydrogens is 358 g/mol. The van der Waals surface area contributed by atoms with E-state index in [9.17, 15) is 4.79 Å². The number of anilines is 2. The molecule has 0 bridgehead atoms. The number of nitrogens with zero attached hydrogens (tertiary/aromatic N) is 3. The molecule has 122 valence electrons. The van der Waals surface area contributed by atoms with E-state index in [0.29, 0.717) is 5.82 Å². The second-order valence-corrected chi connectivity index (χ2v) is 6.29. The van der Waals surface area contributed by atoms with Crippen LogP contribution < -0.4 is 10.6 Å². The first-order valence-corrected chi connectivity index (χ1v) is 8.03. The molecule has 1 aromatic carbocycles. The fraction of sp³-hybridized carbons (Fsp3) is 0.312. The van der Waals surface area contributed by atoms with Gasteiger partial charge in [0.15, 0.2) is 0 Å². The Morgan fingerprint density at radius 3 is 2.65 bits per heavy atom. The lowest BCUT2D eigenvalue weighted by atomic mass is 10.2. The molecule has 0 saturated carbocycles. The van der Waals surface area contributed by atoms with Crippen LogP contribution in [0.5, 0.6) is 0 Å². The molecule has 0 unspecified atom stereocenters. The third-order valence-corrected chi connectivity index (χ3v) is 4.06. The summed E-state index contributed by atoms with van der Waals surface area (Å²) >= 11 is 3.43. The lowest BCUT2D eigenvalue weighted by molar-refractivity contribution is 0.102. The highest BCUT2D eigenvalue weighted by Crippen LogP contribution is 2.20. The fourth-order valence-corrected chi connectivity index (χ4v) is 2.11. The molecule has 0 spiro atoms. The minimum absolute atomic E-state index is 0.279. The van der Waals surface area contributed by atoms with Crippen molar-refractivity contribution in [1.82, 2.24) is 14.9 Å². The summed E-state index contributed by atoms with van der Waals surface area (Å²) in [7, 11) is 4.01. The number of halogens is 1. The maximum absolute atomic E-state index is 12.2. The first-order chi connectivity index (χ1) is 11.0. The summed E-state index contributed by atoms with van der Waals surface area (Å²) in [5, 5.41) is 5.97. The maximum Gasteiger partial charge on any atom is 0.275 e. The molecule has 1 heterocycles. The molecule has 23 heavy (non-hydrogen) atoms. The second-order valence-electron chi connectivity index (χ2n) is 5.44. The van der Waals surface area contributed by atoms with Crippen LogP contribution >= 0.6 is 15.9 Å². The zero-order valence-electron chi connectivity index (χ0n) is 13.4. The fourth-order valence-electron chi connectivity index (χ4n) is 1.86. The molecular formula is C16H20BrN5O. The molecule has 2 N–H and O–H groups in total. The Morgan fingerprint density at radius 1 is 1.26 bits per heavy atom. The van der Waals surface area contributed by atoms with Crippen molar-refractivity contribution in [2.45, 2.75) is 6.92 Å². The number of likely N-dealkylation sites (N-methyl/N-ethyl adjacent to an activating group) is 1. The molecule has 0 saturated heterocycles. The van der Waals surface area contributed by atoms with Crippen LogP contribution in [-0.4, -0.2) is 48.0 Å². The number of amides is 1. The molecule has 6 nitrogen and oxygen atoms in total. The highest BCUT2D eigenvalue weighted by atomic mass is 79.9. The topological polar surface area (TPSA) is 70.2 Å². The molecule has 0 atom stereocenters. The van der Waals surface area contributed by atoms with Gasteiger partial charge in [0.25, 0.3) is 5.91 Å². The number of aromatic nitrogens is 2. The molecule has 0 radical (unpaired) electrons. The van der Waals surface area contributed by atoms with Crippen molar-refractivity contribution in [3.05, 3.63) is 46.3 Å². The zero-order valence-corrected chi connectivity index (χ0v) is 15.0. The van der Waals surface area contributed by atoms with Gasteiger partial charge in [0, 0.05) is 23.2 Å². The minimum Gasteiger partial charge on any atom is -0.368 e. The van der Waals surface area contributed by atoms with Crippen LogP contribution in [0.4, 0.5) is 11.5 Å². The standard InChI is InChI=1S/C16H20BrN5O/c1-11-8-12(4-5-13(11)17)21-16(23)14-9-20-15(10-19-14)18-6-7-22(2)3/h4-5,8-10H,6-7H2,1-3H3,(H,18,20)(H,21,23). The maximum atomic E-state index is 12.2. The van der Waals surface area contributed by atoms with E-state index in [4.69, 9.17) is 0 Å². The van der Waals surface area contributed by atoms with E-state index >= 15 is 0 Å². The Kier molecular flexibility index (Phi) is 6.06. The van der Waals surface area contributed by atoms with E-state index in [2.05, 4.69) is 41.4 Å². The van der Waals surface area contributed by atoms with Crippen LogP contribution in [0.3, 0.4) is 0 Å². The van der Waals surface area contributed by atoms with Crippen molar-refractivity contribution in [2.24, 2.45) is 0 Å². The summed E-state index contributed by atoms with van der Waals surface area (Å²) in [6.07, 6.45) is 3.04. The van der Waals surface area contributed by atoms with Gasteiger partial charge in [0.05, 0.1) is 12.4 Å². The lowest BCUT2D eigenvalue weighted by Gasteiger charge is -2.10. The summed E-state index contributed by atoms with van der Waals surface area (Å²) in [5.74, 6) is 0.377. The van der Waals surface area contributed by atoms with Gasteiger partial charge >= 0.3 is 0 Å². The molecule has 0 aliphatic heterocycles. The van der Waals surface area contributed by atoms with E-state index in [0.717, 1.165) is 28.8 Å². The van der Waals surface area contributed by atoms with Crippen molar-refractivity contribution in [3.8, 4) is 0 Å². The van der Waals surface area contributed by atoms with Gasteiger partial charge in [-0.2, -0.15) is 0 Å². The number of nitrogens with one attached hydrogen (secondary N) is 2. The minimum atomic E-state index is -0.279. The summed E-state index contributed by atoms with van der Waals surface area (Å²) in [5.41, 5.74) is 2.06. The highest BCUT2D eigenvalue weighted by Gasteiger charge is 2.09. The summed E-state index contributed by atoms with van der Waals surface area (Å²) in [6.45, 7) is 3.63. The van der Waals surface area contributed by atoms with Gasteiger partial charge in [0.2, 0.25) is 0 Å². The molecule has 1 amide bonds. The van der Waals surface area contributed by atoms with Gasteiger partial charge in [-0.3, -0.25) is 4.79 Å². The number of carbonyl (C=O) groups excluding carboxylic acids is 1. The Labute approximate surface area is 144 Å². The SMILES string of the molecule is Cc1cc(NC(=O)c2cnc(NCCN(C)C)cn2)ccc1Br. The van der Waals surface area contributed by atoms with Crippen LogP contribution in [0, 0.1) is 6.92 Å². The number of benzene rings is 1. The summed E-state index contributed by atoms with van der Waals surface area (Å²) < 4.78 is 1.00. The second kappa shape index (κ2) is 8.03. The quantitative estimate of drug-likeness (QED) is 0.809. The smallest absolute Gasteiger partial charge is 0.275 e. The monoisotopic (exact) mass is 377 g/mol. The van der Waals surface area contributed by atoms with Gasteiger partial charge in [-0.1, -0.05) is 15.9 Å². The van der Waals surface area contributed by atoms with Crippen molar-refractivity contribution in [1.29, 1.82) is 0 Å². The van der Waals surface area contributed by atoms with Crippen LogP contribution in [0.25, 0.3) is 0 Å². The van der Waals surface area contributed by atoms with Crippen LogP contribution in [0.2, 0.25) is 0 Å². The third kappa shape index (κ3) is 5.30. The predicted molar refractivity (Wildman–Crippen MR) is 95.9 cm³/mol. The molecule has 2 aromatic rings. The zero-order chi connectivity index (χ0) is 16.8. The number of rotatable bonds is 6. The van der Waals surface area contributed by atoms with Crippen LogP contribution in [0.1, 0.15) is 16.1 Å². The predicted octanol–water partition coefficient (Wildman–Crippen LogP) is 2.77. The van der Waals surface area contributed by atoms with Crippen molar-refractivity contribution >= 4 is 33.3 Å². The number of carbonyl (C=O) groups is 1. The Morgan fingerprint density at radius 2 is 2.04 bits per heavy atom. The van der Waals surface area contributed by atoms with E-state index < -0.39 is 0 Å². The van der Waals surface area contributed by atoms with Gasteiger partial charge < -0.3 is 15.5 Å². The van der Waals surface area contributed by atoms with E-state index in [1.807, 2.05) is 39.2 Å². The molecule has 0 aliphatic carbocycles. The van der Waals surface area contributed by atoms with E-state index in [1.54, 1.807) is 6.20 Å². The molecule has 1 aromatic heterocycles. The summed E-state index contributed by atoms with van der Waals surface area (Å²) in [6, 6.07) is 5.63. The average Bonchev–Trinajstić information content (AvgIpc) is 2.51. The Balaban J connectivity index is 1.95. The highest BCUT2D eigenvalue weighted by molar-refractivity contribution is 9.10. The van der Waals surface area contributed by atoms with Crippen molar-refractivity contribution in [2.75, 3.05) is 37.8 Å². The third-order valence-electron chi connectivity index (χ3n) is 3.17. The van der Waals surface area contributed by atoms with Gasteiger partial charge in [-0.25, -0.2) is 9.97 Å². The molecule has 0 fully saturated rings. The van der Waals surface area contributed by atoms with Crippen LogP contribution in [0.15, 0.2) is 35.1 Å². The number of hydrogen-bond donors (Lipinski definition) is 2. The van der Waals surface area contributed by atoms with E-state index in [-0.39, 0.29) is 11.6 Å². The first-order valence-electron chi connectivity index (χ1n) is 7.24. The normalized spacial score (nSPS) is 10.7. The molecule has 2 rings (SSSR count). The molecule has 7 heteroatoms. The number of aryl methyl sites for hydroxylation is 1. The number of hydrogen-bond acceptors (Lipinski definition) is 5. The van der Waals surface area contributed by atoms with Crippen LogP contribution in [-0.2, 0) is 0 Å². The first kappa shape index (κ1) is 17.4. The summed E-state index contributed by atoms with van der Waals surface area (Å²) in [4.78, 5) is 22.6. The Bertz CT molecular complexity index is 673. The largest absolute Gasteiger partial charge is 0.368 e. The van der Waals surface area contributed by atoms with Crippen molar-refractivity contribution in [3.63, 3.8) is 0 Å². The average molecular weight is 378 g/mol. The lowest BCUT2D eigenvalue weighted by Crippen LogP contribution is -2.21.